The summed E-state index contributed by atoms with van der Waals surface area (Å²) in [5.41, 5.74) is 2.92. The van der Waals surface area contributed by atoms with Crippen molar-refractivity contribution in [3.63, 3.8) is 0 Å². The molecule has 0 aliphatic heterocycles. The summed E-state index contributed by atoms with van der Waals surface area (Å²) in [5, 5.41) is 3.68. The quantitative estimate of drug-likeness (QED) is 0.738. The van der Waals surface area contributed by atoms with E-state index in [2.05, 4.69) is 12.2 Å². The van der Waals surface area contributed by atoms with Gasteiger partial charge in [-0.05, 0) is 56.2 Å². The number of anilines is 1. The number of ether oxygens (including phenoxy) is 1. The molecule has 2 rings (SSSR count). The van der Waals surface area contributed by atoms with Crippen LogP contribution >= 0.6 is 23.4 Å². The lowest BCUT2D eigenvalue weighted by molar-refractivity contribution is -0.115. The number of nitrogens with one attached hydrogen (secondary N) is 1. The van der Waals surface area contributed by atoms with Crippen molar-refractivity contribution in [2.75, 3.05) is 12.4 Å². The molecule has 24 heavy (non-hydrogen) atoms. The molecule has 0 aliphatic rings. The van der Waals surface area contributed by atoms with Gasteiger partial charge in [0.2, 0.25) is 5.91 Å². The van der Waals surface area contributed by atoms with Gasteiger partial charge in [-0.15, -0.1) is 11.8 Å². The van der Waals surface area contributed by atoms with Crippen LogP contribution in [-0.4, -0.2) is 18.3 Å². The van der Waals surface area contributed by atoms with Crippen molar-refractivity contribution in [3.8, 4) is 5.75 Å². The third-order valence-corrected chi connectivity index (χ3v) is 5.28. The second kappa shape index (κ2) is 8.45. The normalized spacial score (nSPS) is 13.2. The Hall–Kier alpha value is -1.65. The predicted molar refractivity (Wildman–Crippen MR) is 103 cm³/mol. The number of carbonyl (C=O) groups is 1. The number of benzene rings is 2. The van der Waals surface area contributed by atoms with E-state index >= 15 is 0 Å². The summed E-state index contributed by atoms with van der Waals surface area (Å²) in [4.78, 5) is 12.5. The average molecular weight is 364 g/mol. The van der Waals surface area contributed by atoms with Crippen LogP contribution in [0.5, 0.6) is 5.75 Å². The molecule has 128 valence electrons. The molecule has 3 nitrogen and oxygen atoms in total. The fourth-order valence-electron chi connectivity index (χ4n) is 2.33. The molecule has 0 saturated carbocycles. The maximum atomic E-state index is 12.5. The lowest BCUT2D eigenvalue weighted by atomic mass is 10.2. The number of aryl methyl sites for hydroxylation is 1. The number of hydrogen-bond acceptors (Lipinski definition) is 3. The highest BCUT2D eigenvalue weighted by molar-refractivity contribution is 8.00. The van der Waals surface area contributed by atoms with Crippen LogP contribution in [0.2, 0.25) is 5.02 Å². The fourth-order valence-corrected chi connectivity index (χ4v) is 3.57. The highest BCUT2D eigenvalue weighted by Crippen LogP contribution is 2.33. The number of hydrogen-bond donors (Lipinski definition) is 1. The van der Waals surface area contributed by atoms with Gasteiger partial charge in [-0.2, -0.15) is 0 Å². The number of thioether (sulfide) groups is 1. The van der Waals surface area contributed by atoms with Gasteiger partial charge in [-0.25, -0.2) is 0 Å². The minimum Gasteiger partial charge on any atom is -0.495 e. The second-order valence-corrected chi connectivity index (χ2v) is 7.79. The molecule has 5 heteroatoms. The van der Waals surface area contributed by atoms with E-state index in [4.69, 9.17) is 16.3 Å². The first kappa shape index (κ1) is 18.7. The standard InChI is InChI=1S/C19H22ClNO2S/c1-12-5-10-18(23-4)17(11-12)21-19(22)14(3)24-13(2)15-6-8-16(20)9-7-15/h5-11,13-14H,1-4H3,(H,21,22). The van der Waals surface area contributed by atoms with Gasteiger partial charge in [0, 0.05) is 10.3 Å². The molecule has 0 saturated heterocycles. The molecule has 1 amide bonds. The first-order valence-electron chi connectivity index (χ1n) is 7.77. The molecule has 1 N–H and O–H groups in total. The number of halogens is 1. The van der Waals surface area contributed by atoms with E-state index in [0.29, 0.717) is 16.5 Å². The van der Waals surface area contributed by atoms with E-state index in [0.717, 1.165) is 11.1 Å². The van der Waals surface area contributed by atoms with E-state index in [9.17, 15) is 4.79 Å². The maximum absolute atomic E-state index is 12.5. The minimum atomic E-state index is -0.194. The van der Waals surface area contributed by atoms with E-state index in [1.165, 1.54) is 0 Å². The van der Waals surface area contributed by atoms with E-state index in [1.54, 1.807) is 18.9 Å². The van der Waals surface area contributed by atoms with Crippen LogP contribution < -0.4 is 10.1 Å². The number of rotatable bonds is 6. The van der Waals surface area contributed by atoms with Gasteiger partial charge in [0.15, 0.2) is 0 Å². The van der Waals surface area contributed by atoms with Crippen LogP contribution in [0.25, 0.3) is 0 Å². The third-order valence-electron chi connectivity index (χ3n) is 3.73. The van der Waals surface area contributed by atoms with E-state index in [-0.39, 0.29) is 16.4 Å². The van der Waals surface area contributed by atoms with Crippen molar-refractivity contribution in [1.82, 2.24) is 0 Å². The summed E-state index contributed by atoms with van der Waals surface area (Å²) in [6.45, 7) is 5.98. The minimum absolute atomic E-state index is 0.0373. The largest absolute Gasteiger partial charge is 0.495 e. The Bertz CT molecular complexity index is 703. The van der Waals surface area contributed by atoms with E-state index in [1.807, 2.05) is 56.3 Å². The molecule has 2 aromatic carbocycles. The van der Waals surface area contributed by atoms with Crippen LogP contribution in [0.4, 0.5) is 5.69 Å². The van der Waals surface area contributed by atoms with Crippen LogP contribution in [0, 0.1) is 6.92 Å². The van der Waals surface area contributed by atoms with Crippen molar-refractivity contribution in [1.29, 1.82) is 0 Å². The molecular weight excluding hydrogens is 342 g/mol. The van der Waals surface area contributed by atoms with Crippen molar-refractivity contribution in [2.24, 2.45) is 0 Å². The smallest absolute Gasteiger partial charge is 0.237 e. The fraction of sp³-hybridized carbons (Fsp3) is 0.316. The van der Waals surface area contributed by atoms with Gasteiger partial charge in [0.25, 0.3) is 0 Å². The first-order chi connectivity index (χ1) is 11.4. The summed E-state index contributed by atoms with van der Waals surface area (Å²) in [6, 6.07) is 13.5. The van der Waals surface area contributed by atoms with Crippen molar-refractivity contribution >= 4 is 35.0 Å². The monoisotopic (exact) mass is 363 g/mol. The van der Waals surface area contributed by atoms with Crippen LogP contribution in [-0.2, 0) is 4.79 Å². The summed E-state index contributed by atoms with van der Waals surface area (Å²) in [7, 11) is 1.60. The molecule has 0 fully saturated rings. The molecule has 0 heterocycles. The Kier molecular flexibility index (Phi) is 6.58. The van der Waals surface area contributed by atoms with Crippen LogP contribution in [0.1, 0.15) is 30.2 Å². The molecule has 0 radical (unpaired) electrons. The Morgan fingerprint density at radius 3 is 2.46 bits per heavy atom. The van der Waals surface area contributed by atoms with Crippen molar-refractivity contribution in [3.05, 3.63) is 58.6 Å². The molecule has 2 aromatic rings. The topological polar surface area (TPSA) is 38.3 Å². The molecular formula is C19H22ClNO2S. The molecule has 0 aliphatic carbocycles. The van der Waals surface area contributed by atoms with Gasteiger partial charge >= 0.3 is 0 Å². The van der Waals surface area contributed by atoms with Crippen molar-refractivity contribution < 1.29 is 9.53 Å². The third kappa shape index (κ3) is 4.92. The zero-order valence-electron chi connectivity index (χ0n) is 14.3. The summed E-state index contributed by atoms with van der Waals surface area (Å²) >= 11 is 7.53. The SMILES string of the molecule is COc1ccc(C)cc1NC(=O)C(C)SC(C)c1ccc(Cl)cc1. The second-order valence-electron chi connectivity index (χ2n) is 5.67. The number of amides is 1. The molecule has 0 spiro atoms. The number of carbonyl (C=O) groups excluding carboxylic acids is 1. The molecule has 2 unspecified atom stereocenters. The molecule has 0 aromatic heterocycles. The van der Waals surface area contributed by atoms with Crippen LogP contribution in [0.15, 0.2) is 42.5 Å². The average Bonchev–Trinajstić information content (AvgIpc) is 2.55. The van der Waals surface area contributed by atoms with Crippen molar-refractivity contribution in [2.45, 2.75) is 31.3 Å². The molecule has 2 atom stereocenters. The first-order valence-corrected chi connectivity index (χ1v) is 9.09. The summed E-state index contributed by atoms with van der Waals surface area (Å²) in [5.74, 6) is 0.626. The maximum Gasteiger partial charge on any atom is 0.237 e. The highest BCUT2D eigenvalue weighted by Gasteiger charge is 2.19. The Morgan fingerprint density at radius 1 is 1.17 bits per heavy atom. The lowest BCUT2D eigenvalue weighted by Gasteiger charge is -2.18. The predicted octanol–water partition coefficient (Wildman–Crippen LogP) is 5.48. The Labute approximate surface area is 152 Å². The molecule has 0 bridgehead atoms. The Morgan fingerprint density at radius 2 is 1.83 bits per heavy atom. The summed E-state index contributed by atoms with van der Waals surface area (Å²) < 4.78 is 5.31. The zero-order chi connectivity index (χ0) is 17.7. The van der Waals surface area contributed by atoms with Gasteiger partial charge in [0.1, 0.15) is 5.75 Å². The Balaban J connectivity index is 2.02. The van der Waals surface area contributed by atoms with Gasteiger partial charge < -0.3 is 10.1 Å². The van der Waals surface area contributed by atoms with Gasteiger partial charge in [0.05, 0.1) is 18.0 Å². The lowest BCUT2D eigenvalue weighted by Crippen LogP contribution is -2.23. The number of methoxy groups -OCH3 is 1. The van der Waals surface area contributed by atoms with Gasteiger partial charge in [-0.1, -0.05) is 29.8 Å². The van der Waals surface area contributed by atoms with Gasteiger partial charge in [-0.3, -0.25) is 4.79 Å². The van der Waals surface area contributed by atoms with E-state index < -0.39 is 0 Å². The highest BCUT2D eigenvalue weighted by atomic mass is 35.5. The summed E-state index contributed by atoms with van der Waals surface area (Å²) in [6.07, 6.45) is 0. The zero-order valence-corrected chi connectivity index (χ0v) is 15.9. The van der Waals surface area contributed by atoms with Crippen LogP contribution in [0.3, 0.4) is 0 Å².